The molecule has 0 aliphatic carbocycles. The summed E-state index contributed by atoms with van der Waals surface area (Å²) in [4.78, 5) is 14.7. The highest BCUT2D eigenvalue weighted by Crippen LogP contribution is 2.38. The number of carbonyl (C=O) groups is 1. The number of anilines is 1. The lowest BCUT2D eigenvalue weighted by molar-refractivity contribution is 0.0173. The van der Waals surface area contributed by atoms with Gasteiger partial charge in [-0.3, -0.25) is 0 Å². The fraction of sp³-hybridized carbons (Fsp3) is 0.318. The smallest absolute Gasteiger partial charge is 0.318 e. The second-order valence-electron chi connectivity index (χ2n) is 7.76. The molecule has 2 amide bonds. The van der Waals surface area contributed by atoms with Gasteiger partial charge >= 0.3 is 6.03 Å². The van der Waals surface area contributed by atoms with E-state index in [1.807, 2.05) is 48.4 Å². The van der Waals surface area contributed by atoms with Gasteiger partial charge in [-0.05, 0) is 68.0 Å². The number of amides is 2. The summed E-state index contributed by atoms with van der Waals surface area (Å²) >= 11 is 0. The van der Waals surface area contributed by atoms with Crippen LogP contribution in [0.15, 0.2) is 42.7 Å². The van der Waals surface area contributed by atoms with E-state index in [-0.39, 0.29) is 6.03 Å². The molecular formula is C22H21N5O. The van der Waals surface area contributed by atoms with Crippen LogP contribution in [0.3, 0.4) is 0 Å². The minimum atomic E-state index is -0.00371. The summed E-state index contributed by atoms with van der Waals surface area (Å²) in [5, 5.41) is 16.8. The van der Waals surface area contributed by atoms with E-state index < -0.39 is 0 Å². The van der Waals surface area contributed by atoms with Crippen LogP contribution < -0.4 is 5.32 Å². The van der Waals surface area contributed by atoms with Gasteiger partial charge in [0.1, 0.15) is 6.07 Å². The number of benzene rings is 1. The average molecular weight is 371 g/mol. The molecule has 0 spiro atoms. The molecule has 2 unspecified atom stereocenters. The molecule has 2 saturated heterocycles. The van der Waals surface area contributed by atoms with E-state index in [1.54, 1.807) is 10.7 Å². The Bertz CT molecular complexity index is 1110. The van der Waals surface area contributed by atoms with Crippen LogP contribution in [0.25, 0.3) is 16.6 Å². The molecule has 0 radical (unpaired) electrons. The number of aromatic nitrogens is 2. The summed E-state index contributed by atoms with van der Waals surface area (Å²) < 4.78 is 1.72. The van der Waals surface area contributed by atoms with Crippen molar-refractivity contribution in [3.63, 3.8) is 0 Å². The van der Waals surface area contributed by atoms with Gasteiger partial charge in [-0.2, -0.15) is 10.4 Å². The van der Waals surface area contributed by atoms with Crippen LogP contribution in [0.4, 0.5) is 10.5 Å². The zero-order valence-corrected chi connectivity index (χ0v) is 15.7. The number of rotatable bonds is 2. The van der Waals surface area contributed by atoms with Gasteiger partial charge in [-0.15, -0.1) is 0 Å². The number of hydrogen-bond donors (Lipinski definition) is 1. The Morgan fingerprint density at radius 1 is 1.25 bits per heavy atom. The van der Waals surface area contributed by atoms with Crippen molar-refractivity contribution < 1.29 is 4.79 Å². The zero-order chi connectivity index (χ0) is 19.3. The van der Waals surface area contributed by atoms with Gasteiger partial charge < -0.3 is 10.2 Å². The van der Waals surface area contributed by atoms with Crippen molar-refractivity contribution in [1.82, 2.24) is 14.5 Å². The van der Waals surface area contributed by atoms with Gasteiger partial charge in [0, 0.05) is 29.5 Å². The topological polar surface area (TPSA) is 73.4 Å². The molecule has 1 N–H and O–H groups in total. The first-order valence-corrected chi connectivity index (χ1v) is 9.72. The van der Waals surface area contributed by atoms with Gasteiger partial charge in [0.2, 0.25) is 0 Å². The quantitative estimate of drug-likeness (QED) is 0.728. The van der Waals surface area contributed by atoms with Crippen LogP contribution in [-0.2, 0) is 0 Å². The Labute approximate surface area is 163 Å². The van der Waals surface area contributed by atoms with Gasteiger partial charge in [0.05, 0.1) is 17.3 Å². The first-order valence-electron chi connectivity index (χ1n) is 9.72. The molecule has 2 aliphatic heterocycles. The molecule has 2 aliphatic rings. The lowest BCUT2D eigenvalue weighted by atomic mass is 9.80. The molecule has 5 rings (SSSR count). The first kappa shape index (κ1) is 16.8. The SMILES string of the molecule is Cc1ccc(NC(=O)N2C3CCCC2C3)cc1-c1cc(C#N)c2ccnn2c1. The van der Waals surface area contributed by atoms with Crippen LogP contribution in [0.2, 0.25) is 0 Å². The van der Waals surface area contributed by atoms with E-state index in [0.717, 1.165) is 47.2 Å². The van der Waals surface area contributed by atoms with E-state index >= 15 is 0 Å². The molecule has 6 heteroatoms. The molecule has 2 atom stereocenters. The van der Waals surface area contributed by atoms with Crippen molar-refractivity contribution >= 4 is 17.2 Å². The maximum absolute atomic E-state index is 12.7. The van der Waals surface area contributed by atoms with Crippen LogP contribution in [0.1, 0.15) is 36.8 Å². The molecule has 2 fully saturated rings. The van der Waals surface area contributed by atoms with E-state index in [4.69, 9.17) is 0 Å². The van der Waals surface area contributed by atoms with Crippen LogP contribution in [-0.4, -0.2) is 32.6 Å². The monoisotopic (exact) mass is 371 g/mol. The van der Waals surface area contributed by atoms with Gasteiger partial charge in [-0.1, -0.05) is 6.07 Å². The predicted octanol–water partition coefficient (Wildman–Crippen LogP) is 4.34. The van der Waals surface area contributed by atoms with Crippen molar-refractivity contribution in [1.29, 1.82) is 5.26 Å². The van der Waals surface area contributed by atoms with E-state index in [0.29, 0.717) is 17.6 Å². The number of carbonyl (C=O) groups excluding carboxylic acids is 1. The van der Waals surface area contributed by atoms with Crippen LogP contribution in [0.5, 0.6) is 0 Å². The van der Waals surface area contributed by atoms with Gasteiger partial charge in [0.15, 0.2) is 0 Å². The fourth-order valence-electron chi connectivity index (χ4n) is 4.60. The van der Waals surface area contributed by atoms with Gasteiger partial charge in [-0.25, -0.2) is 9.31 Å². The van der Waals surface area contributed by atoms with Crippen LogP contribution in [0, 0.1) is 18.3 Å². The van der Waals surface area contributed by atoms with Crippen molar-refractivity contribution in [3.8, 4) is 17.2 Å². The van der Waals surface area contributed by atoms with Crippen molar-refractivity contribution in [2.45, 2.75) is 44.7 Å². The third-order valence-corrected chi connectivity index (χ3v) is 6.07. The van der Waals surface area contributed by atoms with E-state index in [2.05, 4.69) is 16.5 Å². The van der Waals surface area contributed by atoms with Crippen LogP contribution >= 0.6 is 0 Å². The second-order valence-corrected chi connectivity index (χ2v) is 7.76. The standard InChI is InChI=1S/C22H21N5O/c1-14-5-6-17(25-22(28)27-18-3-2-4-19(27)11-18)10-20(14)16-9-15(12-23)21-7-8-24-26(21)13-16/h5-10,13,18-19H,2-4,11H2,1H3,(H,25,28). The molecular weight excluding hydrogens is 350 g/mol. The second kappa shape index (κ2) is 6.38. The van der Waals surface area contributed by atoms with Gasteiger partial charge in [0.25, 0.3) is 0 Å². The molecule has 0 saturated carbocycles. The molecule has 6 nitrogen and oxygen atoms in total. The number of nitriles is 1. The summed E-state index contributed by atoms with van der Waals surface area (Å²) in [7, 11) is 0. The number of aryl methyl sites for hydroxylation is 1. The Balaban J connectivity index is 1.47. The maximum Gasteiger partial charge on any atom is 0.322 e. The summed E-state index contributed by atoms with van der Waals surface area (Å²) in [6.45, 7) is 2.03. The third-order valence-electron chi connectivity index (χ3n) is 6.07. The predicted molar refractivity (Wildman–Crippen MR) is 107 cm³/mol. The van der Waals surface area contributed by atoms with Crippen molar-refractivity contribution in [2.75, 3.05) is 5.32 Å². The summed E-state index contributed by atoms with van der Waals surface area (Å²) in [5.74, 6) is 0. The Hall–Kier alpha value is -3.33. The highest BCUT2D eigenvalue weighted by atomic mass is 16.2. The van der Waals surface area contributed by atoms with Crippen molar-refractivity contribution in [3.05, 3.63) is 53.9 Å². The molecule has 140 valence electrons. The molecule has 1 aromatic carbocycles. The molecule has 2 aromatic heterocycles. The van der Waals surface area contributed by atoms with Crippen molar-refractivity contribution in [2.24, 2.45) is 0 Å². The molecule has 4 heterocycles. The minimum absolute atomic E-state index is 0.00371. The molecule has 3 aromatic rings. The Kier molecular flexibility index (Phi) is 3.83. The largest absolute Gasteiger partial charge is 0.322 e. The molecule has 28 heavy (non-hydrogen) atoms. The summed E-state index contributed by atoms with van der Waals surface area (Å²) in [6.07, 6.45) is 8.21. The highest BCUT2D eigenvalue weighted by Gasteiger charge is 2.44. The lowest BCUT2D eigenvalue weighted by Gasteiger charge is -2.52. The number of nitrogens with zero attached hydrogens (tertiary/aromatic N) is 4. The number of hydrogen-bond acceptors (Lipinski definition) is 3. The number of piperidine rings is 1. The fourth-order valence-corrected chi connectivity index (χ4v) is 4.60. The Morgan fingerprint density at radius 2 is 2.07 bits per heavy atom. The van der Waals surface area contributed by atoms with E-state index in [1.165, 1.54) is 6.42 Å². The third kappa shape index (κ3) is 2.63. The first-order chi connectivity index (χ1) is 13.6. The number of nitrogens with one attached hydrogen (secondary N) is 1. The Morgan fingerprint density at radius 3 is 2.82 bits per heavy atom. The lowest BCUT2D eigenvalue weighted by Crippen LogP contribution is -2.62. The normalized spacial score (nSPS) is 20.5. The highest BCUT2D eigenvalue weighted by molar-refractivity contribution is 5.91. The number of pyridine rings is 1. The maximum atomic E-state index is 12.7. The minimum Gasteiger partial charge on any atom is -0.318 e. The summed E-state index contributed by atoms with van der Waals surface area (Å²) in [6, 6.07) is 12.7. The van der Waals surface area contributed by atoms with E-state index in [9.17, 15) is 10.1 Å². The number of fused-ring (bicyclic) bond motifs is 3. The zero-order valence-electron chi connectivity index (χ0n) is 15.7. The summed E-state index contributed by atoms with van der Waals surface area (Å²) in [5.41, 5.74) is 5.11. The molecule has 2 bridgehead atoms. The number of urea groups is 1. The average Bonchev–Trinajstić information content (AvgIpc) is 3.18.